The Balaban J connectivity index is 1.73. The molecule has 4 rings (SSSR count). The van der Waals surface area contributed by atoms with E-state index in [0.29, 0.717) is 24.1 Å². The summed E-state index contributed by atoms with van der Waals surface area (Å²) in [6, 6.07) is 9.83. The molecule has 3 unspecified atom stereocenters. The van der Waals surface area contributed by atoms with E-state index < -0.39 is 29.2 Å². The fourth-order valence-electron chi connectivity index (χ4n) is 6.65. The summed E-state index contributed by atoms with van der Waals surface area (Å²) in [7, 11) is 1.60. The zero-order valence-corrected chi connectivity index (χ0v) is 25.0. The van der Waals surface area contributed by atoms with Crippen molar-refractivity contribution < 1.29 is 33.0 Å². The molecule has 10 heteroatoms. The quantitative estimate of drug-likeness (QED) is 0.416. The number of urea groups is 1. The molecule has 0 radical (unpaired) electrons. The molecule has 0 aliphatic carbocycles. The number of nitrogens with zero attached hydrogens (tertiary/aromatic N) is 3. The molecule has 2 aliphatic rings. The first-order valence-corrected chi connectivity index (χ1v) is 14.6. The number of hydrogen-bond donors (Lipinski definition) is 2. The van der Waals surface area contributed by atoms with Crippen molar-refractivity contribution in [3.63, 3.8) is 0 Å². The van der Waals surface area contributed by atoms with Gasteiger partial charge in [-0.05, 0) is 73.4 Å². The third-order valence-corrected chi connectivity index (χ3v) is 9.27. The summed E-state index contributed by atoms with van der Waals surface area (Å²) >= 11 is 0. The van der Waals surface area contributed by atoms with Crippen LogP contribution in [0.15, 0.2) is 42.5 Å². The van der Waals surface area contributed by atoms with Crippen LogP contribution in [0.2, 0.25) is 0 Å². The largest absolute Gasteiger partial charge is 0.416 e. The van der Waals surface area contributed by atoms with E-state index in [0.717, 1.165) is 23.3 Å². The van der Waals surface area contributed by atoms with Crippen LogP contribution in [0, 0.1) is 12.3 Å². The first kappa shape index (κ1) is 31.8. The van der Waals surface area contributed by atoms with Crippen LogP contribution in [0.5, 0.6) is 0 Å². The first-order valence-electron chi connectivity index (χ1n) is 14.6. The topological polar surface area (TPSA) is 84.3 Å². The van der Waals surface area contributed by atoms with Crippen LogP contribution in [-0.2, 0) is 11.0 Å². The van der Waals surface area contributed by atoms with Crippen LogP contribution in [0.25, 0.3) is 0 Å². The van der Waals surface area contributed by atoms with Gasteiger partial charge in [-0.2, -0.15) is 13.2 Å². The van der Waals surface area contributed by atoms with E-state index in [4.69, 9.17) is 0 Å². The zero-order chi connectivity index (χ0) is 31.0. The zero-order valence-electron chi connectivity index (χ0n) is 25.0. The highest BCUT2D eigenvalue weighted by atomic mass is 19.4. The summed E-state index contributed by atoms with van der Waals surface area (Å²) in [4.78, 5) is 32.9. The number of amides is 3. The van der Waals surface area contributed by atoms with Gasteiger partial charge in [-0.25, -0.2) is 4.79 Å². The summed E-state index contributed by atoms with van der Waals surface area (Å²) in [6.07, 6.45) is -3.70. The van der Waals surface area contributed by atoms with E-state index in [2.05, 4.69) is 0 Å². The summed E-state index contributed by atoms with van der Waals surface area (Å²) in [6.45, 7) is 7.49. The lowest BCUT2D eigenvalue weighted by molar-refractivity contribution is -0.140. The lowest BCUT2D eigenvalue weighted by Gasteiger charge is -2.47. The Morgan fingerprint density at radius 3 is 2.24 bits per heavy atom. The molecule has 3 atom stereocenters. The van der Waals surface area contributed by atoms with E-state index in [1.807, 2.05) is 45.0 Å². The Hall–Kier alpha value is -3.11. The highest BCUT2D eigenvalue weighted by Gasteiger charge is 2.56. The Bertz CT molecular complexity index is 1290. The van der Waals surface area contributed by atoms with E-state index in [9.17, 15) is 33.0 Å². The Labute approximate surface area is 245 Å². The predicted octanol–water partition coefficient (Wildman–Crippen LogP) is 5.66. The van der Waals surface area contributed by atoms with Crippen molar-refractivity contribution in [1.29, 1.82) is 0 Å². The second-order valence-corrected chi connectivity index (χ2v) is 12.1. The number of fused-ring (bicyclic) bond motifs is 1. The van der Waals surface area contributed by atoms with Crippen LogP contribution >= 0.6 is 0 Å². The number of halogens is 3. The van der Waals surface area contributed by atoms with Crippen molar-refractivity contribution in [2.75, 3.05) is 33.4 Å². The maximum Gasteiger partial charge on any atom is 0.416 e. The standard InChI is InChI=1S/C32H42F3N3O4/c1-20(2)23-16-24(18-25(17-23)32(33,34)35)22(4)36(5)30(42)38-13-12-37-27(28(38)26-9-7-6-8-21(26)3)19-31(10-14-39,11-15-40)29(37)41/h6-9,16-18,20,22,27-28,39-40H,10-15,19H2,1-5H3. The third kappa shape index (κ3) is 5.88. The number of piperazine rings is 1. The van der Waals surface area contributed by atoms with E-state index in [1.165, 1.54) is 4.90 Å². The maximum atomic E-state index is 14.2. The van der Waals surface area contributed by atoms with Gasteiger partial charge in [0.2, 0.25) is 5.91 Å². The minimum Gasteiger partial charge on any atom is -0.396 e. The fourth-order valence-corrected chi connectivity index (χ4v) is 6.65. The number of carbonyl (C=O) groups excluding carboxylic acids is 2. The highest BCUT2D eigenvalue weighted by molar-refractivity contribution is 5.86. The Morgan fingerprint density at radius 2 is 1.67 bits per heavy atom. The predicted molar refractivity (Wildman–Crippen MR) is 154 cm³/mol. The summed E-state index contributed by atoms with van der Waals surface area (Å²) in [5.41, 5.74) is 1.13. The smallest absolute Gasteiger partial charge is 0.396 e. The van der Waals surface area contributed by atoms with Crippen molar-refractivity contribution in [2.24, 2.45) is 5.41 Å². The lowest BCUT2D eigenvalue weighted by atomic mass is 9.77. The van der Waals surface area contributed by atoms with Gasteiger partial charge in [-0.15, -0.1) is 0 Å². The van der Waals surface area contributed by atoms with Gasteiger partial charge in [0.1, 0.15) is 0 Å². The molecule has 2 fully saturated rings. The molecule has 3 amide bonds. The summed E-state index contributed by atoms with van der Waals surface area (Å²) in [5, 5.41) is 19.6. The number of hydrogen-bond acceptors (Lipinski definition) is 4. The number of benzene rings is 2. The van der Waals surface area contributed by atoms with E-state index in [1.54, 1.807) is 29.8 Å². The average Bonchev–Trinajstić information content (AvgIpc) is 3.22. The molecule has 2 saturated heterocycles. The van der Waals surface area contributed by atoms with E-state index >= 15 is 0 Å². The highest BCUT2D eigenvalue weighted by Crippen LogP contribution is 2.49. The SMILES string of the molecule is Cc1ccccc1C1C2CC(CCO)(CCO)C(=O)N2CCN1C(=O)N(C)C(C)c1cc(C(C)C)cc(C(F)(F)F)c1. The van der Waals surface area contributed by atoms with Crippen molar-refractivity contribution in [1.82, 2.24) is 14.7 Å². The molecule has 42 heavy (non-hydrogen) atoms. The number of aryl methyl sites for hydroxylation is 1. The molecular formula is C32H42F3N3O4. The van der Waals surface area contributed by atoms with Gasteiger partial charge in [-0.1, -0.05) is 44.2 Å². The van der Waals surface area contributed by atoms with Gasteiger partial charge < -0.3 is 24.9 Å². The molecule has 0 saturated carbocycles. The van der Waals surface area contributed by atoms with Gasteiger partial charge in [-0.3, -0.25) is 4.79 Å². The molecule has 0 bridgehead atoms. The van der Waals surface area contributed by atoms with Crippen LogP contribution in [0.3, 0.4) is 0 Å². The number of carbonyl (C=O) groups is 2. The van der Waals surface area contributed by atoms with Gasteiger partial charge in [0, 0.05) is 33.4 Å². The van der Waals surface area contributed by atoms with Gasteiger partial charge in [0.15, 0.2) is 0 Å². The van der Waals surface area contributed by atoms with Crippen LogP contribution < -0.4 is 0 Å². The van der Waals surface area contributed by atoms with Crippen molar-refractivity contribution in [2.45, 2.75) is 77.2 Å². The molecule has 2 N–H and O–H groups in total. The summed E-state index contributed by atoms with van der Waals surface area (Å²) in [5.74, 6) is -0.246. The monoisotopic (exact) mass is 589 g/mol. The van der Waals surface area contributed by atoms with Crippen molar-refractivity contribution >= 4 is 11.9 Å². The minimum absolute atomic E-state index is 0.117. The second-order valence-electron chi connectivity index (χ2n) is 12.1. The maximum absolute atomic E-state index is 14.2. The summed E-state index contributed by atoms with van der Waals surface area (Å²) < 4.78 is 41.3. The Kier molecular flexibility index (Phi) is 9.28. The first-order chi connectivity index (χ1) is 19.8. The second kappa shape index (κ2) is 12.2. The van der Waals surface area contributed by atoms with Gasteiger partial charge >= 0.3 is 12.2 Å². The molecular weight excluding hydrogens is 547 g/mol. The molecule has 2 heterocycles. The normalized spacial score (nSPS) is 21.1. The molecule has 230 valence electrons. The molecule has 7 nitrogen and oxygen atoms in total. The molecule has 2 aromatic rings. The Morgan fingerprint density at radius 1 is 1.05 bits per heavy atom. The van der Waals surface area contributed by atoms with Gasteiger partial charge in [0.05, 0.1) is 29.1 Å². The van der Waals surface area contributed by atoms with Crippen LogP contribution in [0.4, 0.5) is 18.0 Å². The fraction of sp³-hybridized carbons (Fsp3) is 0.562. The van der Waals surface area contributed by atoms with Crippen molar-refractivity contribution in [3.8, 4) is 0 Å². The van der Waals surface area contributed by atoms with Crippen LogP contribution in [-0.4, -0.2) is 76.2 Å². The molecule has 0 spiro atoms. The van der Waals surface area contributed by atoms with Gasteiger partial charge in [0.25, 0.3) is 0 Å². The minimum atomic E-state index is -4.52. The molecule has 2 aromatic carbocycles. The molecule has 0 aromatic heterocycles. The van der Waals surface area contributed by atoms with Crippen LogP contribution in [0.1, 0.15) is 85.9 Å². The molecule has 2 aliphatic heterocycles. The average molecular weight is 590 g/mol. The third-order valence-electron chi connectivity index (χ3n) is 9.27. The number of aliphatic hydroxyl groups is 2. The number of aliphatic hydroxyl groups excluding tert-OH is 2. The van der Waals surface area contributed by atoms with Crippen molar-refractivity contribution in [3.05, 3.63) is 70.3 Å². The van der Waals surface area contributed by atoms with E-state index in [-0.39, 0.29) is 56.5 Å². The number of alkyl halides is 3. The number of rotatable bonds is 8. The lowest BCUT2D eigenvalue weighted by Crippen LogP contribution is -2.57.